The van der Waals surface area contributed by atoms with E-state index in [2.05, 4.69) is 11.0 Å². The van der Waals surface area contributed by atoms with Crippen molar-refractivity contribution in [2.75, 3.05) is 12.5 Å². The van der Waals surface area contributed by atoms with E-state index in [0.717, 1.165) is 5.76 Å². The van der Waals surface area contributed by atoms with Crippen molar-refractivity contribution >= 4 is 17.7 Å². The molecular weight excluding hydrogens is 353 g/mol. The largest absolute Gasteiger partial charge is 0.468 e. The van der Waals surface area contributed by atoms with E-state index >= 15 is 0 Å². The first-order chi connectivity index (χ1) is 12.7. The van der Waals surface area contributed by atoms with Crippen molar-refractivity contribution in [3.05, 3.63) is 70.4 Å². The van der Waals surface area contributed by atoms with Gasteiger partial charge in [-0.2, -0.15) is 5.26 Å². The second kappa shape index (κ2) is 6.98. The van der Waals surface area contributed by atoms with Gasteiger partial charge in [-0.3, -0.25) is 14.6 Å². The molecule has 4 rings (SSSR count). The molecule has 5 nitrogen and oxygen atoms in total. The van der Waals surface area contributed by atoms with Crippen LogP contribution < -0.4 is 0 Å². The van der Waals surface area contributed by atoms with Gasteiger partial charge in [-0.05, 0) is 29.8 Å². The van der Waals surface area contributed by atoms with Gasteiger partial charge in [0.1, 0.15) is 11.6 Å². The minimum Gasteiger partial charge on any atom is -0.468 e. The zero-order valence-corrected chi connectivity index (χ0v) is 14.7. The lowest BCUT2D eigenvalue weighted by atomic mass is 9.86. The van der Waals surface area contributed by atoms with Gasteiger partial charge in [-0.1, -0.05) is 23.9 Å². The average Bonchev–Trinajstić information content (AvgIpc) is 3.15. The lowest BCUT2D eigenvalue weighted by molar-refractivity contribution is -0.132. The predicted octanol–water partition coefficient (Wildman–Crippen LogP) is 3.63. The van der Waals surface area contributed by atoms with Crippen LogP contribution >= 0.6 is 11.8 Å². The summed E-state index contributed by atoms with van der Waals surface area (Å²) >= 11 is 1.47. The Morgan fingerprint density at radius 1 is 1.35 bits per heavy atom. The van der Waals surface area contributed by atoms with E-state index in [1.54, 1.807) is 23.3 Å². The molecule has 7 heteroatoms. The molecule has 2 aliphatic rings. The number of amides is 1. The van der Waals surface area contributed by atoms with Crippen LogP contribution in [0.5, 0.6) is 0 Å². The minimum absolute atomic E-state index is 0.0510. The lowest BCUT2D eigenvalue weighted by Gasteiger charge is -2.41. The first kappa shape index (κ1) is 16.9. The van der Waals surface area contributed by atoms with Crippen LogP contribution in [0.25, 0.3) is 0 Å². The van der Waals surface area contributed by atoms with E-state index in [9.17, 15) is 14.4 Å². The number of nitrogens with zero attached hydrogens (tertiary/aromatic N) is 3. The van der Waals surface area contributed by atoms with Crippen LogP contribution in [0.15, 0.2) is 57.7 Å². The topological polar surface area (TPSA) is 60.5 Å². The third-order valence-electron chi connectivity index (χ3n) is 4.56. The molecule has 1 fully saturated rings. The Morgan fingerprint density at radius 3 is 2.96 bits per heavy atom. The number of thioether (sulfide) groups is 1. The predicted molar refractivity (Wildman–Crippen MR) is 94.8 cm³/mol. The third kappa shape index (κ3) is 3.14. The van der Waals surface area contributed by atoms with Crippen LogP contribution in [-0.4, -0.2) is 28.3 Å². The van der Waals surface area contributed by atoms with Crippen LogP contribution in [0.4, 0.5) is 4.39 Å². The van der Waals surface area contributed by atoms with Crippen molar-refractivity contribution in [2.24, 2.45) is 0 Å². The van der Waals surface area contributed by atoms with Crippen LogP contribution in [0, 0.1) is 17.1 Å². The van der Waals surface area contributed by atoms with Gasteiger partial charge in [0.2, 0.25) is 5.91 Å². The highest BCUT2D eigenvalue weighted by Crippen LogP contribution is 2.42. The molecule has 0 saturated carbocycles. The van der Waals surface area contributed by atoms with E-state index in [1.807, 2.05) is 12.1 Å². The van der Waals surface area contributed by atoms with Crippen LogP contribution in [0.1, 0.15) is 23.7 Å². The fraction of sp³-hybridized carbons (Fsp3) is 0.263. The summed E-state index contributed by atoms with van der Waals surface area (Å²) in [5, 5.41) is 10.4. The van der Waals surface area contributed by atoms with Gasteiger partial charge in [-0.25, -0.2) is 4.39 Å². The highest BCUT2D eigenvalue weighted by molar-refractivity contribution is 8.03. The number of halogens is 1. The second-order valence-electron chi connectivity index (χ2n) is 6.29. The number of benzene rings is 1. The molecule has 1 aromatic heterocycles. The number of furan rings is 1. The summed E-state index contributed by atoms with van der Waals surface area (Å²) in [5.41, 5.74) is 1.21. The Morgan fingerprint density at radius 2 is 2.23 bits per heavy atom. The Bertz CT molecular complexity index is 904. The third-order valence-corrected chi connectivity index (χ3v) is 5.77. The molecule has 0 radical (unpaired) electrons. The smallest absolute Gasteiger partial charge is 0.229 e. The highest BCUT2D eigenvalue weighted by atomic mass is 32.2. The highest BCUT2D eigenvalue weighted by Gasteiger charge is 2.38. The minimum atomic E-state index is -0.390. The molecule has 1 atom stereocenters. The van der Waals surface area contributed by atoms with Gasteiger partial charge in [-0.15, -0.1) is 0 Å². The molecule has 3 heterocycles. The summed E-state index contributed by atoms with van der Waals surface area (Å²) in [5.74, 6) is 0.686. The molecule has 0 N–H and O–H groups in total. The van der Waals surface area contributed by atoms with Gasteiger partial charge in [0.05, 0.1) is 42.0 Å². The summed E-state index contributed by atoms with van der Waals surface area (Å²) in [6, 6.07) is 12.1. The maximum absolute atomic E-state index is 13.6. The number of fused-ring (bicyclic) bond motifs is 1. The normalized spacial score (nSPS) is 20.8. The van der Waals surface area contributed by atoms with Crippen LogP contribution in [0.3, 0.4) is 0 Å². The maximum Gasteiger partial charge on any atom is 0.229 e. The molecule has 2 aliphatic heterocycles. The summed E-state index contributed by atoms with van der Waals surface area (Å²) < 4.78 is 19.0. The number of allylic oxidation sites excluding steroid dienone is 1. The van der Waals surface area contributed by atoms with Gasteiger partial charge in [0, 0.05) is 12.3 Å². The summed E-state index contributed by atoms with van der Waals surface area (Å²) in [7, 11) is 0. The van der Waals surface area contributed by atoms with Gasteiger partial charge in [0.25, 0.3) is 0 Å². The number of rotatable bonds is 3. The number of hydrogen-bond acceptors (Lipinski definition) is 5. The Balaban J connectivity index is 1.62. The van der Waals surface area contributed by atoms with E-state index in [-0.39, 0.29) is 18.1 Å². The number of carbonyl (C=O) groups excluding carboxylic acids is 1. The molecular formula is C19H16FN3O2S. The van der Waals surface area contributed by atoms with Crippen molar-refractivity contribution in [1.82, 2.24) is 9.80 Å². The molecule has 1 amide bonds. The quantitative estimate of drug-likeness (QED) is 0.827. The summed E-state index contributed by atoms with van der Waals surface area (Å²) in [6.45, 7) is 1.02. The second-order valence-corrected chi connectivity index (χ2v) is 7.22. The van der Waals surface area contributed by atoms with Crippen molar-refractivity contribution in [1.29, 1.82) is 5.26 Å². The first-order valence-electron chi connectivity index (χ1n) is 8.23. The SMILES string of the molecule is N#CC1=C2SCN(Cc3ccco3)CN2C(=O)C[C@H]1c1cccc(F)c1. The van der Waals surface area contributed by atoms with Gasteiger partial charge in [0.15, 0.2) is 0 Å². The van der Waals surface area contributed by atoms with Gasteiger partial charge >= 0.3 is 0 Å². The Kier molecular flexibility index (Phi) is 4.53. The Hall–Kier alpha value is -2.56. The summed E-state index contributed by atoms with van der Waals surface area (Å²) in [6.07, 6.45) is 1.80. The average molecular weight is 369 g/mol. The van der Waals surface area contributed by atoms with Crippen LogP contribution in [-0.2, 0) is 11.3 Å². The number of nitriles is 1. The van der Waals surface area contributed by atoms with E-state index in [1.165, 1.54) is 23.9 Å². The van der Waals surface area contributed by atoms with Crippen molar-refractivity contribution < 1.29 is 13.6 Å². The van der Waals surface area contributed by atoms with Crippen molar-refractivity contribution in [2.45, 2.75) is 18.9 Å². The molecule has 2 aromatic rings. The molecule has 26 heavy (non-hydrogen) atoms. The maximum atomic E-state index is 13.6. The van der Waals surface area contributed by atoms with Crippen molar-refractivity contribution in [3.8, 4) is 6.07 Å². The van der Waals surface area contributed by atoms with Crippen molar-refractivity contribution in [3.63, 3.8) is 0 Å². The monoisotopic (exact) mass is 369 g/mol. The molecule has 1 aromatic carbocycles. The number of carbonyl (C=O) groups is 1. The molecule has 0 unspecified atom stereocenters. The zero-order chi connectivity index (χ0) is 18.1. The summed E-state index contributed by atoms with van der Waals surface area (Å²) in [4.78, 5) is 16.5. The standard InChI is InChI=1S/C19H16FN3O2S/c20-14-4-1-3-13(7-14)16-8-18(24)23-11-22(10-15-5-2-6-25-15)12-26-19(23)17(16)9-21/h1-7,16H,8,10-12H2/t16-/m0/s1. The van der Waals surface area contributed by atoms with E-state index < -0.39 is 5.92 Å². The zero-order valence-electron chi connectivity index (χ0n) is 13.9. The molecule has 0 spiro atoms. The van der Waals surface area contributed by atoms with Crippen LogP contribution in [0.2, 0.25) is 0 Å². The van der Waals surface area contributed by atoms with E-state index in [0.29, 0.717) is 35.3 Å². The molecule has 1 saturated heterocycles. The van der Waals surface area contributed by atoms with E-state index in [4.69, 9.17) is 4.42 Å². The molecule has 0 bridgehead atoms. The fourth-order valence-electron chi connectivity index (χ4n) is 3.34. The molecule has 0 aliphatic carbocycles. The van der Waals surface area contributed by atoms with Gasteiger partial charge < -0.3 is 4.42 Å². The Labute approximate surface area is 154 Å². The molecule has 132 valence electrons. The number of hydrogen-bond donors (Lipinski definition) is 0. The first-order valence-corrected chi connectivity index (χ1v) is 9.22. The fourth-order valence-corrected chi connectivity index (χ4v) is 4.48. The lowest BCUT2D eigenvalue weighted by Crippen LogP contribution is -2.46.